The molecule has 1 unspecified atom stereocenters. The predicted molar refractivity (Wildman–Crippen MR) is 127 cm³/mol. The Balaban J connectivity index is 1.31. The van der Waals surface area contributed by atoms with E-state index in [0.29, 0.717) is 4.34 Å². The molecule has 3 aromatic rings. The van der Waals surface area contributed by atoms with Gasteiger partial charge in [-0.3, -0.25) is 9.52 Å². The Hall–Kier alpha value is -2.88. The summed E-state index contributed by atoms with van der Waals surface area (Å²) < 4.78 is 32.7. The first-order valence-corrected chi connectivity index (χ1v) is 12.9. The van der Waals surface area contributed by atoms with Crippen LogP contribution < -0.4 is 10.0 Å². The lowest BCUT2D eigenvalue weighted by Crippen LogP contribution is -2.34. The van der Waals surface area contributed by atoms with Crippen molar-refractivity contribution in [1.29, 1.82) is 0 Å². The summed E-state index contributed by atoms with van der Waals surface area (Å²) in [5.74, 6) is -1.04. The molecule has 0 aliphatic heterocycles. The Morgan fingerprint density at radius 1 is 1.06 bits per heavy atom. The number of anilines is 1. The van der Waals surface area contributed by atoms with Gasteiger partial charge in [0.2, 0.25) is 0 Å². The smallest absolute Gasteiger partial charge is 0.338 e. The second kappa shape index (κ2) is 9.94. The van der Waals surface area contributed by atoms with E-state index in [1.807, 2.05) is 18.2 Å². The molecular formula is C23H21ClN2O5S2. The highest BCUT2D eigenvalue weighted by atomic mass is 35.5. The van der Waals surface area contributed by atoms with E-state index in [0.717, 1.165) is 36.2 Å². The summed E-state index contributed by atoms with van der Waals surface area (Å²) in [6.45, 7) is -0.398. The summed E-state index contributed by atoms with van der Waals surface area (Å²) in [6, 6.07) is 16.6. The number of ether oxygens (including phenoxy) is 1. The molecule has 1 amide bonds. The van der Waals surface area contributed by atoms with Crippen LogP contribution in [0.4, 0.5) is 5.69 Å². The Kier molecular flexibility index (Phi) is 7.02. The van der Waals surface area contributed by atoms with Crippen LogP contribution in [0.3, 0.4) is 0 Å². The van der Waals surface area contributed by atoms with E-state index < -0.39 is 22.6 Å². The maximum absolute atomic E-state index is 12.4. The van der Waals surface area contributed by atoms with Gasteiger partial charge in [0, 0.05) is 5.69 Å². The minimum atomic E-state index is -3.77. The van der Waals surface area contributed by atoms with Crippen LogP contribution in [0.1, 0.15) is 40.4 Å². The molecule has 0 saturated heterocycles. The first-order chi connectivity index (χ1) is 15.8. The van der Waals surface area contributed by atoms with Gasteiger partial charge >= 0.3 is 5.97 Å². The molecule has 1 aliphatic carbocycles. The number of fused-ring (bicyclic) bond motifs is 1. The van der Waals surface area contributed by atoms with Crippen LogP contribution >= 0.6 is 22.9 Å². The molecule has 172 valence electrons. The van der Waals surface area contributed by atoms with Crippen LogP contribution in [-0.4, -0.2) is 26.9 Å². The number of nitrogens with one attached hydrogen (secondary N) is 2. The van der Waals surface area contributed by atoms with E-state index in [4.69, 9.17) is 16.3 Å². The number of thiophene rings is 1. The maximum Gasteiger partial charge on any atom is 0.338 e. The number of esters is 1. The van der Waals surface area contributed by atoms with Crippen molar-refractivity contribution in [3.05, 3.63) is 81.7 Å². The third kappa shape index (κ3) is 5.73. The largest absolute Gasteiger partial charge is 0.452 e. The third-order valence-electron chi connectivity index (χ3n) is 5.23. The summed E-state index contributed by atoms with van der Waals surface area (Å²) in [5.41, 5.74) is 2.81. The number of carbonyl (C=O) groups is 2. The van der Waals surface area contributed by atoms with Crippen molar-refractivity contribution >= 4 is 50.5 Å². The van der Waals surface area contributed by atoms with Crippen LogP contribution in [-0.2, 0) is 26.0 Å². The van der Waals surface area contributed by atoms with E-state index in [1.165, 1.54) is 42.0 Å². The fourth-order valence-electron chi connectivity index (χ4n) is 3.68. The van der Waals surface area contributed by atoms with Gasteiger partial charge in [-0.05, 0) is 66.8 Å². The standard InChI is InChI=1S/C23H21ClN2O5S2/c24-20-12-13-22(32-20)33(29,30)26-17-10-8-16(9-11-17)23(28)31-14-21(27)25-19-7-3-5-15-4-1-2-6-18(15)19/h1-2,4,6,8-13,19,26H,3,5,7,14H2,(H,25,27). The molecule has 0 bridgehead atoms. The first-order valence-electron chi connectivity index (χ1n) is 10.2. The zero-order valence-electron chi connectivity index (χ0n) is 17.4. The summed E-state index contributed by atoms with van der Waals surface area (Å²) in [6.07, 6.45) is 2.81. The Morgan fingerprint density at radius 3 is 2.55 bits per heavy atom. The second-order valence-corrected chi connectivity index (χ2v) is 11.2. The fraction of sp³-hybridized carbons (Fsp3) is 0.217. The first kappa shape index (κ1) is 23.3. The van der Waals surface area contributed by atoms with Crippen molar-refractivity contribution in [2.75, 3.05) is 11.3 Å². The highest BCUT2D eigenvalue weighted by molar-refractivity contribution is 7.94. The van der Waals surface area contributed by atoms with E-state index in [1.54, 1.807) is 0 Å². The number of aryl methyl sites for hydroxylation is 1. The molecule has 33 heavy (non-hydrogen) atoms. The van der Waals surface area contributed by atoms with E-state index in [2.05, 4.69) is 16.1 Å². The zero-order valence-corrected chi connectivity index (χ0v) is 19.8. The molecule has 1 atom stereocenters. The van der Waals surface area contributed by atoms with Crippen LogP contribution in [0, 0.1) is 0 Å². The maximum atomic E-state index is 12.4. The van der Waals surface area contributed by atoms with Crippen molar-refractivity contribution < 1.29 is 22.7 Å². The van der Waals surface area contributed by atoms with Crippen molar-refractivity contribution in [1.82, 2.24) is 5.32 Å². The normalized spacial score (nSPS) is 15.4. The average Bonchev–Trinajstić information content (AvgIpc) is 3.25. The molecule has 1 aliphatic rings. The quantitative estimate of drug-likeness (QED) is 0.459. The van der Waals surface area contributed by atoms with Gasteiger partial charge in [-0.25, -0.2) is 13.2 Å². The van der Waals surface area contributed by atoms with Gasteiger partial charge in [-0.15, -0.1) is 11.3 Å². The molecule has 4 rings (SSSR count). The molecule has 1 heterocycles. The van der Waals surface area contributed by atoms with Gasteiger partial charge in [-0.1, -0.05) is 35.9 Å². The van der Waals surface area contributed by atoms with Crippen molar-refractivity contribution in [2.24, 2.45) is 0 Å². The average molecular weight is 505 g/mol. The van der Waals surface area contributed by atoms with Gasteiger partial charge in [0.05, 0.1) is 15.9 Å². The van der Waals surface area contributed by atoms with Gasteiger partial charge in [0.25, 0.3) is 15.9 Å². The minimum absolute atomic E-state index is 0.0857. The molecule has 2 N–H and O–H groups in total. The van der Waals surface area contributed by atoms with Gasteiger partial charge in [0.1, 0.15) is 4.21 Å². The number of hydrogen-bond acceptors (Lipinski definition) is 6. The molecule has 0 saturated carbocycles. The van der Waals surface area contributed by atoms with E-state index in [9.17, 15) is 18.0 Å². The highest BCUT2D eigenvalue weighted by Gasteiger charge is 2.22. The Bertz CT molecular complexity index is 1270. The summed E-state index contributed by atoms with van der Waals surface area (Å²) >= 11 is 6.74. The SMILES string of the molecule is O=C(COC(=O)c1ccc(NS(=O)(=O)c2ccc(Cl)s2)cc1)NC1CCCc2ccccc21. The molecule has 0 radical (unpaired) electrons. The van der Waals surface area contributed by atoms with Crippen molar-refractivity contribution in [3.8, 4) is 0 Å². The molecule has 0 spiro atoms. The molecule has 10 heteroatoms. The fourth-order valence-corrected chi connectivity index (χ4v) is 6.22. The molecule has 7 nitrogen and oxygen atoms in total. The number of benzene rings is 2. The van der Waals surface area contributed by atoms with Gasteiger partial charge in [0.15, 0.2) is 6.61 Å². The topological polar surface area (TPSA) is 102 Å². The van der Waals surface area contributed by atoms with E-state index >= 15 is 0 Å². The van der Waals surface area contributed by atoms with Crippen LogP contribution in [0.25, 0.3) is 0 Å². The third-order valence-corrected chi connectivity index (χ3v) is 8.33. The predicted octanol–water partition coefficient (Wildman–Crippen LogP) is 4.55. The van der Waals surface area contributed by atoms with Crippen molar-refractivity contribution in [2.45, 2.75) is 29.5 Å². The number of carbonyl (C=O) groups excluding carboxylic acids is 2. The lowest BCUT2D eigenvalue weighted by Gasteiger charge is -2.26. The molecule has 1 aromatic heterocycles. The summed E-state index contributed by atoms with van der Waals surface area (Å²) in [5, 5.41) is 2.93. The van der Waals surface area contributed by atoms with Crippen LogP contribution in [0.15, 0.2) is 64.9 Å². The second-order valence-electron chi connectivity index (χ2n) is 7.53. The van der Waals surface area contributed by atoms with E-state index in [-0.39, 0.29) is 27.4 Å². The summed E-state index contributed by atoms with van der Waals surface area (Å²) in [7, 11) is -3.77. The van der Waals surface area contributed by atoms with Crippen LogP contribution in [0.5, 0.6) is 0 Å². The van der Waals surface area contributed by atoms with Gasteiger partial charge < -0.3 is 10.1 Å². The zero-order chi connectivity index (χ0) is 23.4. The number of amides is 1. The number of sulfonamides is 1. The molecular weight excluding hydrogens is 484 g/mol. The monoisotopic (exact) mass is 504 g/mol. The molecule has 2 aromatic carbocycles. The van der Waals surface area contributed by atoms with Crippen LogP contribution in [0.2, 0.25) is 4.34 Å². The Labute approximate surface area is 200 Å². The highest BCUT2D eigenvalue weighted by Crippen LogP contribution is 2.29. The summed E-state index contributed by atoms with van der Waals surface area (Å²) in [4.78, 5) is 24.6. The lowest BCUT2D eigenvalue weighted by molar-refractivity contribution is -0.125. The number of halogens is 1. The number of rotatable bonds is 7. The Morgan fingerprint density at radius 2 is 1.82 bits per heavy atom. The molecule has 0 fully saturated rings. The van der Waals surface area contributed by atoms with Crippen molar-refractivity contribution in [3.63, 3.8) is 0 Å². The minimum Gasteiger partial charge on any atom is -0.452 e. The van der Waals surface area contributed by atoms with Gasteiger partial charge in [-0.2, -0.15) is 0 Å². The number of hydrogen-bond donors (Lipinski definition) is 2. The lowest BCUT2D eigenvalue weighted by atomic mass is 9.88.